The van der Waals surface area contributed by atoms with E-state index in [2.05, 4.69) is 13.8 Å². The highest BCUT2D eigenvalue weighted by molar-refractivity contribution is 5.49. The third-order valence-electron chi connectivity index (χ3n) is 0.874. The zero-order chi connectivity index (χ0) is 6.57. The van der Waals surface area contributed by atoms with Crippen LogP contribution in [0.1, 0.15) is 13.8 Å². The van der Waals surface area contributed by atoms with Crippen LogP contribution < -0.4 is 0 Å². The van der Waals surface area contributed by atoms with E-state index in [4.69, 9.17) is 5.41 Å². The standard InChI is InChI=1S/C6H14N2/c1-6(2)4-8(3)5-7/h5-7H,4H2,1-3H3. The molecule has 0 spiro atoms. The predicted octanol–water partition coefficient (Wildman–Crippen LogP) is 1.18. The summed E-state index contributed by atoms with van der Waals surface area (Å²) in [5, 5.41) is 6.80. The zero-order valence-electron chi connectivity index (χ0n) is 5.81. The fraction of sp³-hybridized carbons (Fsp3) is 0.833. The van der Waals surface area contributed by atoms with Crippen LogP contribution in [0.15, 0.2) is 0 Å². The summed E-state index contributed by atoms with van der Waals surface area (Å²) in [7, 11) is 1.91. The van der Waals surface area contributed by atoms with Crippen molar-refractivity contribution < 1.29 is 0 Å². The molecule has 0 rings (SSSR count). The van der Waals surface area contributed by atoms with Crippen molar-refractivity contribution in [2.24, 2.45) is 5.92 Å². The van der Waals surface area contributed by atoms with Gasteiger partial charge in [0.25, 0.3) is 0 Å². The quantitative estimate of drug-likeness (QED) is 0.433. The molecule has 0 saturated heterocycles. The second kappa shape index (κ2) is 3.47. The maximum atomic E-state index is 6.80. The average molecular weight is 114 g/mol. The van der Waals surface area contributed by atoms with Gasteiger partial charge in [-0.05, 0) is 5.92 Å². The van der Waals surface area contributed by atoms with Crippen molar-refractivity contribution in [3.05, 3.63) is 0 Å². The van der Waals surface area contributed by atoms with E-state index in [0.29, 0.717) is 5.92 Å². The van der Waals surface area contributed by atoms with E-state index in [1.54, 1.807) is 0 Å². The predicted molar refractivity (Wildman–Crippen MR) is 36.3 cm³/mol. The lowest BCUT2D eigenvalue weighted by Gasteiger charge is -2.13. The summed E-state index contributed by atoms with van der Waals surface area (Å²) in [4.78, 5) is 1.87. The van der Waals surface area contributed by atoms with Crippen LogP contribution in [0.4, 0.5) is 0 Å². The van der Waals surface area contributed by atoms with Gasteiger partial charge in [0.05, 0.1) is 6.34 Å². The molecule has 1 N–H and O–H groups in total. The first-order chi connectivity index (χ1) is 3.66. The van der Waals surface area contributed by atoms with E-state index < -0.39 is 0 Å². The number of hydrogen-bond acceptors (Lipinski definition) is 1. The van der Waals surface area contributed by atoms with E-state index in [-0.39, 0.29) is 0 Å². The molecular weight excluding hydrogens is 100 g/mol. The van der Waals surface area contributed by atoms with Crippen molar-refractivity contribution in [2.45, 2.75) is 13.8 Å². The second-order valence-electron chi connectivity index (χ2n) is 2.46. The van der Waals surface area contributed by atoms with E-state index >= 15 is 0 Å². The van der Waals surface area contributed by atoms with Gasteiger partial charge in [-0.2, -0.15) is 0 Å². The van der Waals surface area contributed by atoms with Gasteiger partial charge in [0, 0.05) is 13.6 Å². The van der Waals surface area contributed by atoms with Gasteiger partial charge in [-0.1, -0.05) is 13.8 Å². The van der Waals surface area contributed by atoms with E-state index in [9.17, 15) is 0 Å². The van der Waals surface area contributed by atoms with Crippen molar-refractivity contribution in [2.75, 3.05) is 13.6 Å². The fourth-order valence-electron chi connectivity index (χ4n) is 0.629. The molecule has 0 saturated carbocycles. The SMILES string of the molecule is CC(C)CN(C)C=N. The summed E-state index contributed by atoms with van der Waals surface area (Å²) in [6.07, 6.45) is 1.35. The largest absolute Gasteiger partial charge is 0.366 e. The number of hydrogen-bond donors (Lipinski definition) is 1. The molecule has 2 heteroatoms. The smallest absolute Gasteiger partial charge is 0.0814 e. The van der Waals surface area contributed by atoms with Gasteiger partial charge in [0.1, 0.15) is 0 Å². The Morgan fingerprint density at radius 2 is 2.12 bits per heavy atom. The lowest BCUT2D eigenvalue weighted by molar-refractivity contribution is 0.433. The van der Waals surface area contributed by atoms with Gasteiger partial charge in [-0.15, -0.1) is 0 Å². The summed E-state index contributed by atoms with van der Waals surface area (Å²) in [6.45, 7) is 5.25. The Morgan fingerprint density at radius 1 is 1.62 bits per heavy atom. The van der Waals surface area contributed by atoms with Gasteiger partial charge in [-0.3, -0.25) is 5.41 Å². The van der Waals surface area contributed by atoms with Gasteiger partial charge in [0.2, 0.25) is 0 Å². The summed E-state index contributed by atoms with van der Waals surface area (Å²) >= 11 is 0. The minimum Gasteiger partial charge on any atom is -0.366 e. The Balaban J connectivity index is 3.23. The lowest BCUT2D eigenvalue weighted by atomic mass is 10.2. The first-order valence-corrected chi connectivity index (χ1v) is 2.87. The molecule has 0 aliphatic rings. The molecule has 0 radical (unpaired) electrons. The average Bonchev–Trinajstić information content (AvgIpc) is 1.65. The topological polar surface area (TPSA) is 27.1 Å². The summed E-state index contributed by atoms with van der Waals surface area (Å²) in [5.74, 6) is 0.654. The summed E-state index contributed by atoms with van der Waals surface area (Å²) in [6, 6.07) is 0. The molecule has 0 aromatic heterocycles. The molecule has 0 aromatic carbocycles. The van der Waals surface area contributed by atoms with Crippen molar-refractivity contribution in [3.63, 3.8) is 0 Å². The highest BCUT2D eigenvalue weighted by Crippen LogP contribution is 1.91. The Kier molecular flexibility index (Phi) is 3.24. The van der Waals surface area contributed by atoms with Crippen LogP contribution in [-0.4, -0.2) is 24.8 Å². The number of nitrogens with zero attached hydrogens (tertiary/aromatic N) is 1. The molecular formula is C6H14N2. The normalized spacial score (nSPS) is 9.50. The monoisotopic (exact) mass is 114 g/mol. The van der Waals surface area contributed by atoms with Gasteiger partial charge in [0.15, 0.2) is 0 Å². The van der Waals surface area contributed by atoms with Crippen LogP contribution in [0, 0.1) is 11.3 Å². The van der Waals surface area contributed by atoms with Crippen LogP contribution in [0.5, 0.6) is 0 Å². The maximum Gasteiger partial charge on any atom is 0.0814 e. The van der Waals surface area contributed by atoms with Crippen LogP contribution in [-0.2, 0) is 0 Å². The van der Waals surface area contributed by atoms with Crippen molar-refractivity contribution in [3.8, 4) is 0 Å². The zero-order valence-corrected chi connectivity index (χ0v) is 5.81. The molecule has 0 heterocycles. The molecule has 0 unspecified atom stereocenters. The van der Waals surface area contributed by atoms with Crippen LogP contribution in [0.25, 0.3) is 0 Å². The van der Waals surface area contributed by atoms with Gasteiger partial charge >= 0.3 is 0 Å². The summed E-state index contributed by atoms with van der Waals surface area (Å²) in [5.41, 5.74) is 0. The van der Waals surface area contributed by atoms with Crippen molar-refractivity contribution >= 4 is 6.34 Å². The van der Waals surface area contributed by atoms with E-state index in [0.717, 1.165) is 6.54 Å². The maximum absolute atomic E-state index is 6.80. The van der Waals surface area contributed by atoms with E-state index in [1.165, 1.54) is 6.34 Å². The molecule has 2 nitrogen and oxygen atoms in total. The van der Waals surface area contributed by atoms with Crippen LogP contribution in [0.2, 0.25) is 0 Å². The number of rotatable bonds is 3. The Hall–Kier alpha value is -0.530. The molecule has 0 atom stereocenters. The molecule has 48 valence electrons. The molecule has 0 fully saturated rings. The third-order valence-corrected chi connectivity index (χ3v) is 0.874. The highest BCUT2D eigenvalue weighted by atomic mass is 15.1. The Bertz CT molecular complexity index is 68.9. The highest BCUT2D eigenvalue weighted by Gasteiger charge is 1.93. The molecule has 0 amide bonds. The van der Waals surface area contributed by atoms with Crippen molar-refractivity contribution in [1.29, 1.82) is 5.41 Å². The fourth-order valence-corrected chi connectivity index (χ4v) is 0.629. The second-order valence-corrected chi connectivity index (χ2v) is 2.46. The van der Waals surface area contributed by atoms with E-state index in [1.807, 2.05) is 11.9 Å². The minimum atomic E-state index is 0.654. The van der Waals surface area contributed by atoms with Crippen LogP contribution in [0.3, 0.4) is 0 Å². The van der Waals surface area contributed by atoms with Gasteiger partial charge in [-0.25, -0.2) is 0 Å². The Labute approximate surface area is 51.0 Å². The first kappa shape index (κ1) is 7.47. The molecule has 0 aliphatic heterocycles. The first-order valence-electron chi connectivity index (χ1n) is 2.87. The van der Waals surface area contributed by atoms with Crippen LogP contribution >= 0.6 is 0 Å². The van der Waals surface area contributed by atoms with Crippen molar-refractivity contribution in [1.82, 2.24) is 4.90 Å². The molecule has 0 aliphatic carbocycles. The minimum absolute atomic E-state index is 0.654. The third kappa shape index (κ3) is 3.65. The summed E-state index contributed by atoms with van der Waals surface area (Å²) < 4.78 is 0. The molecule has 0 aromatic rings. The lowest BCUT2D eigenvalue weighted by Crippen LogP contribution is -2.20. The molecule has 0 bridgehead atoms. The Morgan fingerprint density at radius 3 is 2.25 bits per heavy atom. The molecule has 8 heavy (non-hydrogen) atoms. The number of nitrogens with one attached hydrogen (secondary N) is 1. The van der Waals surface area contributed by atoms with Gasteiger partial charge < -0.3 is 4.90 Å².